The number of aryl methyl sites for hydroxylation is 2. The number of hydrogen-bond donors (Lipinski definition) is 1. The van der Waals surface area contributed by atoms with Crippen molar-refractivity contribution in [1.82, 2.24) is 5.32 Å². The first-order valence-corrected chi connectivity index (χ1v) is 13.5. The summed E-state index contributed by atoms with van der Waals surface area (Å²) in [7, 11) is 1.51. The first-order valence-electron chi connectivity index (χ1n) is 12.3. The number of barbiturate groups is 1. The van der Waals surface area contributed by atoms with Crippen LogP contribution in [0, 0.1) is 13.8 Å². The van der Waals surface area contributed by atoms with Crippen LogP contribution in [0.25, 0.3) is 16.8 Å². The Labute approximate surface area is 244 Å². The average molecular weight is 620 g/mol. The Balaban J connectivity index is 1.46. The number of carbonyl (C=O) groups excluding carboxylic acids is 3. The van der Waals surface area contributed by atoms with Crippen LogP contribution < -0.4 is 19.7 Å². The van der Waals surface area contributed by atoms with Crippen molar-refractivity contribution in [3.8, 4) is 11.5 Å². The Morgan fingerprint density at radius 2 is 1.73 bits per heavy atom. The fourth-order valence-corrected chi connectivity index (χ4v) is 5.27. The number of nitrogens with one attached hydrogen (secondary N) is 1. The number of benzene rings is 4. The van der Waals surface area contributed by atoms with Crippen molar-refractivity contribution in [2.24, 2.45) is 0 Å². The first kappa shape index (κ1) is 27.4. The van der Waals surface area contributed by atoms with Gasteiger partial charge in [-0.1, -0.05) is 54.1 Å². The molecule has 0 spiro atoms. The zero-order valence-corrected chi connectivity index (χ0v) is 24.2. The lowest BCUT2D eigenvalue weighted by molar-refractivity contribution is -0.122. The van der Waals surface area contributed by atoms with E-state index in [0.29, 0.717) is 33.2 Å². The standard InChI is InChI=1S/C31H24BrClN2O5/c1-17-8-10-20-6-4-5-7-22(20)24(17)16-40-28-25(32)13-19(14-27(28)39-3)12-23-29(36)34-31(38)35(30(23)37)21-11-9-18(2)26(33)15-21/h4-15H,16H2,1-3H3,(H,34,36,38)/b23-12+. The summed E-state index contributed by atoms with van der Waals surface area (Å²) < 4.78 is 12.4. The molecule has 9 heteroatoms. The summed E-state index contributed by atoms with van der Waals surface area (Å²) in [5.74, 6) is -0.689. The highest BCUT2D eigenvalue weighted by molar-refractivity contribution is 9.10. The van der Waals surface area contributed by atoms with Crippen molar-refractivity contribution in [1.29, 1.82) is 0 Å². The van der Waals surface area contributed by atoms with Crippen molar-refractivity contribution >= 4 is 67.9 Å². The van der Waals surface area contributed by atoms with E-state index < -0.39 is 17.8 Å². The van der Waals surface area contributed by atoms with E-state index in [1.54, 1.807) is 31.2 Å². The van der Waals surface area contributed by atoms with E-state index in [1.807, 2.05) is 19.1 Å². The molecule has 0 radical (unpaired) electrons. The van der Waals surface area contributed by atoms with Crippen LogP contribution in [0.4, 0.5) is 10.5 Å². The zero-order chi connectivity index (χ0) is 28.6. The van der Waals surface area contributed by atoms with Crippen molar-refractivity contribution < 1.29 is 23.9 Å². The maximum Gasteiger partial charge on any atom is 0.335 e. The molecular formula is C31H24BrClN2O5. The molecule has 202 valence electrons. The highest BCUT2D eigenvalue weighted by atomic mass is 79.9. The number of ether oxygens (including phenoxy) is 2. The maximum atomic E-state index is 13.3. The number of anilines is 1. The number of halogens is 2. The van der Waals surface area contributed by atoms with Crippen LogP contribution in [0.15, 0.2) is 76.8 Å². The van der Waals surface area contributed by atoms with Gasteiger partial charge in [0, 0.05) is 10.6 Å². The van der Waals surface area contributed by atoms with Gasteiger partial charge in [-0.2, -0.15) is 0 Å². The van der Waals surface area contributed by atoms with Crippen LogP contribution in [0.3, 0.4) is 0 Å². The summed E-state index contributed by atoms with van der Waals surface area (Å²) in [5, 5.41) is 4.84. The van der Waals surface area contributed by atoms with E-state index in [9.17, 15) is 14.4 Å². The van der Waals surface area contributed by atoms with Gasteiger partial charge in [0.25, 0.3) is 11.8 Å². The van der Waals surface area contributed by atoms with Crippen LogP contribution in [-0.2, 0) is 16.2 Å². The van der Waals surface area contributed by atoms with Gasteiger partial charge in [0.05, 0.1) is 17.3 Å². The van der Waals surface area contributed by atoms with Crippen LogP contribution in [0.2, 0.25) is 5.02 Å². The zero-order valence-electron chi connectivity index (χ0n) is 21.9. The SMILES string of the molecule is COc1cc(/C=C2\C(=O)NC(=O)N(c3ccc(C)c(Cl)c3)C2=O)cc(Br)c1OCc1c(C)ccc2ccccc12. The molecule has 1 fully saturated rings. The summed E-state index contributed by atoms with van der Waals surface area (Å²) in [6.07, 6.45) is 1.40. The predicted octanol–water partition coefficient (Wildman–Crippen LogP) is 7.13. The Kier molecular flexibility index (Phi) is 7.65. The van der Waals surface area contributed by atoms with E-state index in [-0.39, 0.29) is 11.3 Å². The lowest BCUT2D eigenvalue weighted by Crippen LogP contribution is -2.54. The first-order chi connectivity index (χ1) is 19.2. The normalized spacial score (nSPS) is 14.6. The number of methoxy groups -OCH3 is 1. The molecule has 4 aromatic carbocycles. The van der Waals surface area contributed by atoms with Gasteiger partial charge in [-0.05, 0) is 87.6 Å². The lowest BCUT2D eigenvalue weighted by Gasteiger charge is -2.26. The molecule has 0 aromatic heterocycles. The lowest BCUT2D eigenvalue weighted by atomic mass is 10.0. The maximum absolute atomic E-state index is 13.3. The average Bonchev–Trinajstić information content (AvgIpc) is 2.92. The molecular weight excluding hydrogens is 596 g/mol. The summed E-state index contributed by atoms with van der Waals surface area (Å²) in [4.78, 5) is 39.4. The van der Waals surface area contributed by atoms with Gasteiger partial charge >= 0.3 is 6.03 Å². The fraction of sp³-hybridized carbons (Fsp3) is 0.129. The molecule has 0 aliphatic carbocycles. The third-order valence-electron chi connectivity index (χ3n) is 6.71. The largest absolute Gasteiger partial charge is 0.493 e. The summed E-state index contributed by atoms with van der Waals surface area (Å²) in [6, 6.07) is 19.6. The van der Waals surface area contributed by atoms with Gasteiger partial charge in [0.1, 0.15) is 12.2 Å². The molecule has 1 heterocycles. The van der Waals surface area contributed by atoms with Crippen molar-refractivity contribution in [3.63, 3.8) is 0 Å². The van der Waals surface area contributed by atoms with Crippen molar-refractivity contribution in [2.45, 2.75) is 20.5 Å². The van der Waals surface area contributed by atoms with Gasteiger partial charge in [0.15, 0.2) is 11.5 Å². The van der Waals surface area contributed by atoms with Gasteiger partial charge in [-0.25, -0.2) is 9.69 Å². The molecule has 4 amide bonds. The van der Waals surface area contributed by atoms with Crippen molar-refractivity contribution in [2.75, 3.05) is 12.0 Å². The number of imide groups is 2. The predicted molar refractivity (Wildman–Crippen MR) is 159 cm³/mol. The summed E-state index contributed by atoms with van der Waals surface area (Å²) in [6.45, 7) is 4.15. The number of carbonyl (C=O) groups is 3. The highest BCUT2D eigenvalue weighted by Gasteiger charge is 2.37. The molecule has 5 rings (SSSR count). The molecule has 7 nitrogen and oxygen atoms in total. The molecule has 0 unspecified atom stereocenters. The van der Waals surface area contributed by atoms with Gasteiger partial charge in [0.2, 0.25) is 0 Å². The molecule has 0 bridgehead atoms. The molecule has 1 aliphatic rings. The quantitative estimate of drug-likeness (QED) is 0.183. The molecule has 1 N–H and O–H groups in total. The van der Waals surface area contributed by atoms with E-state index in [4.69, 9.17) is 21.1 Å². The summed E-state index contributed by atoms with van der Waals surface area (Å²) >= 11 is 9.76. The second kappa shape index (κ2) is 11.2. The van der Waals surface area contributed by atoms with Crippen molar-refractivity contribution in [3.05, 3.63) is 104 Å². The van der Waals surface area contributed by atoms with Crippen LogP contribution in [0.5, 0.6) is 11.5 Å². The van der Waals surface area contributed by atoms with E-state index >= 15 is 0 Å². The Hall–Kier alpha value is -4.14. The Morgan fingerprint density at radius 1 is 0.975 bits per heavy atom. The number of nitrogens with zero attached hydrogens (tertiary/aromatic N) is 1. The van der Waals surface area contributed by atoms with Crippen LogP contribution >= 0.6 is 27.5 Å². The topological polar surface area (TPSA) is 84.9 Å². The molecule has 0 atom stereocenters. The monoisotopic (exact) mass is 618 g/mol. The molecule has 40 heavy (non-hydrogen) atoms. The van der Waals surface area contributed by atoms with E-state index in [2.05, 4.69) is 45.5 Å². The minimum Gasteiger partial charge on any atom is -0.493 e. The number of amides is 4. The number of urea groups is 1. The third-order valence-corrected chi connectivity index (χ3v) is 7.71. The highest BCUT2D eigenvalue weighted by Crippen LogP contribution is 2.39. The molecule has 1 aliphatic heterocycles. The third kappa shape index (κ3) is 5.20. The second-order valence-corrected chi connectivity index (χ2v) is 10.6. The second-order valence-electron chi connectivity index (χ2n) is 9.30. The van der Waals surface area contributed by atoms with Gasteiger partial charge in [-0.3, -0.25) is 14.9 Å². The van der Waals surface area contributed by atoms with Crippen LogP contribution in [0.1, 0.15) is 22.3 Å². The van der Waals surface area contributed by atoms with E-state index in [1.165, 1.54) is 19.3 Å². The molecule has 4 aromatic rings. The Morgan fingerprint density at radius 3 is 2.48 bits per heavy atom. The smallest absolute Gasteiger partial charge is 0.335 e. The molecule has 0 saturated carbocycles. The summed E-state index contributed by atoms with van der Waals surface area (Å²) in [5.41, 5.74) is 3.48. The minimum atomic E-state index is -0.849. The van der Waals surface area contributed by atoms with Gasteiger partial charge in [-0.15, -0.1) is 0 Å². The number of rotatable bonds is 6. The minimum absolute atomic E-state index is 0.217. The number of hydrogen-bond acceptors (Lipinski definition) is 5. The number of fused-ring (bicyclic) bond motifs is 1. The Bertz CT molecular complexity index is 1730. The molecule has 1 saturated heterocycles. The fourth-order valence-electron chi connectivity index (χ4n) is 4.52. The van der Waals surface area contributed by atoms with Crippen LogP contribution in [-0.4, -0.2) is 25.0 Å². The van der Waals surface area contributed by atoms with E-state index in [0.717, 1.165) is 32.4 Å². The van der Waals surface area contributed by atoms with Gasteiger partial charge < -0.3 is 9.47 Å².